The van der Waals surface area contributed by atoms with Gasteiger partial charge in [0.05, 0.1) is 20.3 Å². The molecule has 1 atom stereocenters. The van der Waals surface area contributed by atoms with E-state index in [1.165, 1.54) is 0 Å². The summed E-state index contributed by atoms with van der Waals surface area (Å²) in [6, 6.07) is 14.8. The molecule has 1 unspecified atom stereocenters. The largest absolute Gasteiger partial charge is 0.497 e. The lowest BCUT2D eigenvalue weighted by Crippen LogP contribution is -2.32. The molecule has 1 amide bonds. The van der Waals surface area contributed by atoms with Crippen LogP contribution < -0.4 is 19.5 Å². The summed E-state index contributed by atoms with van der Waals surface area (Å²) >= 11 is 0. The summed E-state index contributed by atoms with van der Waals surface area (Å²) in [4.78, 5) is 12.1. The Kier molecular flexibility index (Phi) is 6.49. The van der Waals surface area contributed by atoms with E-state index >= 15 is 0 Å². The van der Waals surface area contributed by atoms with Crippen LogP contribution in [0.3, 0.4) is 0 Å². The van der Waals surface area contributed by atoms with Gasteiger partial charge in [-0.2, -0.15) is 0 Å². The Balaban J connectivity index is 1.91. The van der Waals surface area contributed by atoms with Crippen LogP contribution in [0.2, 0.25) is 0 Å². The molecule has 0 heterocycles. The Labute approximate surface area is 142 Å². The zero-order valence-corrected chi connectivity index (χ0v) is 14.2. The lowest BCUT2D eigenvalue weighted by Gasteiger charge is -2.18. The molecule has 2 aromatic rings. The molecule has 0 radical (unpaired) electrons. The molecule has 0 aliphatic rings. The van der Waals surface area contributed by atoms with Gasteiger partial charge in [0.2, 0.25) is 0 Å². The lowest BCUT2D eigenvalue weighted by atomic mass is 10.0. The molecule has 2 aromatic carbocycles. The first-order chi connectivity index (χ1) is 11.7. The molecule has 0 spiro atoms. The average molecular weight is 329 g/mol. The van der Waals surface area contributed by atoms with Crippen LogP contribution in [0, 0.1) is 0 Å². The zero-order valence-electron chi connectivity index (χ0n) is 14.2. The second-order valence-electron chi connectivity index (χ2n) is 5.27. The molecule has 5 heteroatoms. The van der Waals surface area contributed by atoms with Crippen molar-refractivity contribution in [2.75, 3.05) is 20.8 Å². The second-order valence-corrected chi connectivity index (χ2v) is 5.27. The van der Waals surface area contributed by atoms with Gasteiger partial charge in [-0.05, 0) is 36.2 Å². The fourth-order valence-electron chi connectivity index (χ4n) is 2.33. The maximum Gasteiger partial charge on any atom is 0.258 e. The summed E-state index contributed by atoms with van der Waals surface area (Å²) in [5, 5.41) is 2.98. The SMILES string of the molecule is CCC(NC(=O)COc1cccc(OC)c1)c1ccc(OC)cc1. The van der Waals surface area contributed by atoms with Crippen molar-refractivity contribution in [3.05, 3.63) is 54.1 Å². The van der Waals surface area contributed by atoms with E-state index in [0.29, 0.717) is 11.5 Å². The summed E-state index contributed by atoms with van der Waals surface area (Å²) in [6.45, 7) is 1.98. The number of methoxy groups -OCH3 is 2. The van der Waals surface area contributed by atoms with Crippen molar-refractivity contribution < 1.29 is 19.0 Å². The fourth-order valence-corrected chi connectivity index (χ4v) is 2.33. The predicted molar refractivity (Wildman–Crippen MR) is 92.7 cm³/mol. The van der Waals surface area contributed by atoms with Crippen molar-refractivity contribution in [3.8, 4) is 17.2 Å². The molecule has 1 N–H and O–H groups in total. The minimum absolute atomic E-state index is 0.0418. The first-order valence-electron chi connectivity index (χ1n) is 7.86. The average Bonchev–Trinajstić information content (AvgIpc) is 2.64. The van der Waals surface area contributed by atoms with Crippen molar-refractivity contribution in [1.82, 2.24) is 5.32 Å². The van der Waals surface area contributed by atoms with Gasteiger partial charge in [0.1, 0.15) is 17.2 Å². The number of hydrogen-bond acceptors (Lipinski definition) is 4. The fraction of sp³-hybridized carbons (Fsp3) is 0.316. The molecular formula is C19H23NO4. The van der Waals surface area contributed by atoms with E-state index in [0.717, 1.165) is 17.7 Å². The van der Waals surface area contributed by atoms with Gasteiger partial charge < -0.3 is 19.5 Å². The van der Waals surface area contributed by atoms with Gasteiger partial charge in [-0.3, -0.25) is 4.79 Å². The van der Waals surface area contributed by atoms with Crippen molar-refractivity contribution in [2.45, 2.75) is 19.4 Å². The van der Waals surface area contributed by atoms with E-state index in [-0.39, 0.29) is 18.6 Å². The second kappa shape index (κ2) is 8.82. The highest BCUT2D eigenvalue weighted by molar-refractivity contribution is 5.78. The van der Waals surface area contributed by atoms with Crippen LogP contribution in [0.15, 0.2) is 48.5 Å². The minimum atomic E-state index is -0.166. The van der Waals surface area contributed by atoms with Gasteiger partial charge >= 0.3 is 0 Å². The van der Waals surface area contributed by atoms with Crippen LogP contribution in [-0.4, -0.2) is 26.7 Å². The smallest absolute Gasteiger partial charge is 0.258 e. The van der Waals surface area contributed by atoms with Crippen LogP contribution in [0.4, 0.5) is 0 Å². The van der Waals surface area contributed by atoms with E-state index < -0.39 is 0 Å². The molecule has 0 aromatic heterocycles. The molecule has 0 aliphatic carbocycles. The van der Waals surface area contributed by atoms with Crippen molar-refractivity contribution in [2.24, 2.45) is 0 Å². The Bertz CT molecular complexity index is 655. The summed E-state index contributed by atoms with van der Waals surface area (Å²) in [5.74, 6) is 1.92. The summed E-state index contributed by atoms with van der Waals surface area (Å²) in [7, 11) is 3.22. The highest BCUT2D eigenvalue weighted by Crippen LogP contribution is 2.21. The minimum Gasteiger partial charge on any atom is -0.497 e. The number of ether oxygens (including phenoxy) is 3. The summed E-state index contributed by atoms with van der Waals surface area (Å²) in [6.07, 6.45) is 0.789. The molecule has 0 bridgehead atoms. The number of carbonyl (C=O) groups excluding carboxylic acids is 1. The molecule has 128 valence electrons. The maximum absolute atomic E-state index is 12.1. The first kappa shape index (κ1) is 17.7. The van der Waals surface area contributed by atoms with Crippen LogP contribution in [0.25, 0.3) is 0 Å². The first-order valence-corrected chi connectivity index (χ1v) is 7.86. The van der Waals surface area contributed by atoms with E-state index in [1.807, 2.05) is 43.3 Å². The zero-order chi connectivity index (χ0) is 17.4. The molecular weight excluding hydrogens is 306 g/mol. The molecule has 2 rings (SSSR count). The Morgan fingerprint density at radius 3 is 2.29 bits per heavy atom. The van der Waals surface area contributed by atoms with Gasteiger partial charge in [0.15, 0.2) is 6.61 Å². The topological polar surface area (TPSA) is 56.8 Å². The number of nitrogens with one attached hydrogen (secondary N) is 1. The molecule has 0 saturated heterocycles. The number of hydrogen-bond donors (Lipinski definition) is 1. The monoisotopic (exact) mass is 329 g/mol. The molecule has 0 fully saturated rings. The van der Waals surface area contributed by atoms with E-state index in [9.17, 15) is 4.79 Å². The van der Waals surface area contributed by atoms with Crippen LogP contribution in [0.5, 0.6) is 17.2 Å². The highest BCUT2D eigenvalue weighted by atomic mass is 16.5. The number of rotatable bonds is 8. The molecule has 24 heavy (non-hydrogen) atoms. The highest BCUT2D eigenvalue weighted by Gasteiger charge is 2.13. The van der Waals surface area contributed by atoms with E-state index in [4.69, 9.17) is 14.2 Å². The van der Waals surface area contributed by atoms with E-state index in [1.54, 1.807) is 26.4 Å². The van der Waals surface area contributed by atoms with Gasteiger partial charge in [0, 0.05) is 6.07 Å². The summed E-state index contributed by atoms with van der Waals surface area (Å²) in [5.41, 5.74) is 1.04. The Hall–Kier alpha value is -2.69. The van der Waals surface area contributed by atoms with E-state index in [2.05, 4.69) is 5.32 Å². The number of amides is 1. The standard InChI is InChI=1S/C19H23NO4/c1-4-18(14-8-10-15(22-2)11-9-14)20-19(21)13-24-17-7-5-6-16(12-17)23-3/h5-12,18H,4,13H2,1-3H3,(H,20,21). The van der Waals surface area contributed by atoms with Crippen LogP contribution in [-0.2, 0) is 4.79 Å². The van der Waals surface area contributed by atoms with Crippen LogP contribution >= 0.6 is 0 Å². The quantitative estimate of drug-likeness (QED) is 0.807. The third kappa shape index (κ3) is 4.91. The van der Waals surface area contributed by atoms with Crippen molar-refractivity contribution in [3.63, 3.8) is 0 Å². The third-order valence-corrected chi connectivity index (χ3v) is 3.67. The van der Waals surface area contributed by atoms with Crippen LogP contribution in [0.1, 0.15) is 24.9 Å². The summed E-state index contributed by atoms with van der Waals surface area (Å²) < 4.78 is 15.8. The number of carbonyl (C=O) groups is 1. The van der Waals surface area contributed by atoms with Crippen molar-refractivity contribution >= 4 is 5.91 Å². The number of benzene rings is 2. The lowest BCUT2D eigenvalue weighted by molar-refractivity contribution is -0.123. The normalized spacial score (nSPS) is 11.5. The molecule has 0 saturated carbocycles. The maximum atomic E-state index is 12.1. The van der Waals surface area contributed by atoms with Gasteiger partial charge in [-0.25, -0.2) is 0 Å². The Morgan fingerprint density at radius 2 is 1.67 bits per heavy atom. The van der Waals surface area contributed by atoms with Gasteiger partial charge in [0.25, 0.3) is 5.91 Å². The molecule has 5 nitrogen and oxygen atoms in total. The predicted octanol–water partition coefficient (Wildman–Crippen LogP) is 3.35. The van der Waals surface area contributed by atoms with Gasteiger partial charge in [-0.1, -0.05) is 25.1 Å². The third-order valence-electron chi connectivity index (χ3n) is 3.67. The van der Waals surface area contributed by atoms with Gasteiger partial charge in [-0.15, -0.1) is 0 Å². The molecule has 0 aliphatic heterocycles. The van der Waals surface area contributed by atoms with Crippen molar-refractivity contribution in [1.29, 1.82) is 0 Å². The Morgan fingerprint density at radius 1 is 1.00 bits per heavy atom.